The first-order chi connectivity index (χ1) is 17.3. The van der Waals surface area contributed by atoms with E-state index in [0.29, 0.717) is 12.6 Å². The number of hydrogen-bond acceptors (Lipinski definition) is 7. The summed E-state index contributed by atoms with van der Waals surface area (Å²) in [7, 11) is 0. The number of benzene rings is 1. The first-order valence-corrected chi connectivity index (χ1v) is 12.3. The van der Waals surface area contributed by atoms with Gasteiger partial charge in [-0.25, -0.2) is 9.97 Å². The third-order valence-electron chi connectivity index (χ3n) is 6.74. The lowest BCUT2D eigenvalue weighted by Gasteiger charge is -2.26. The fourth-order valence-corrected chi connectivity index (χ4v) is 4.81. The van der Waals surface area contributed by atoms with Gasteiger partial charge in [0.2, 0.25) is 0 Å². The molecular formula is C28H28N4O3. The van der Waals surface area contributed by atoms with Crippen molar-refractivity contribution in [1.29, 1.82) is 0 Å². The molecule has 4 heterocycles. The van der Waals surface area contributed by atoms with E-state index in [9.17, 15) is 0 Å². The first kappa shape index (κ1) is 21.9. The molecule has 7 nitrogen and oxygen atoms in total. The van der Waals surface area contributed by atoms with Gasteiger partial charge in [-0.1, -0.05) is 18.2 Å². The van der Waals surface area contributed by atoms with Crippen LogP contribution in [0.2, 0.25) is 0 Å². The van der Waals surface area contributed by atoms with E-state index in [-0.39, 0.29) is 0 Å². The molecule has 0 saturated carbocycles. The summed E-state index contributed by atoms with van der Waals surface area (Å²) in [6, 6.07) is 13.2. The monoisotopic (exact) mass is 468 g/mol. The normalized spacial score (nSPS) is 15.8. The third-order valence-corrected chi connectivity index (χ3v) is 6.74. The highest BCUT2D eigenvalue weighted by atomic mass is 16.5. The van der Waals surface area contributed by atoms with E-state index in [0.717, 1.165) is 73.0 Å². The number of ether oxygens (including phenoxy) is 2. The van der Waals surface area contributed by atoms with E-state index >= 15 is 0 Å². The van der Waals surface area contributed by atoms with Crippen LogP contribution in [0.3, 0.4) is 0 Å². The van der Waals surface area contributed by atoms with Crippen LogP contribution in [0.1, 0.15) is 17.5 Å². The Morgan fingerprint density at radius 1 is 0.857 bits per heavy atom. The van der Waals surface area contributed by atoms with E-state index in [1.54, 1.807) is 24.8 Å². The molecule has 0 unspecified atom stereocenters. The van der Waals surface area contributed by atoms with Gasteiger partial charge in [0.15, 0.2) is 0 Å². The molecule has 0 spiro atoms. The first-order valence-electron chi connectivity index (χ1n) is 12.3. The Bertz CT molecular complexity index is 1280. The van der Waals surface area contributed by atoms with Crippen molar-refractivity contribution in [3.63, 3.8) is 0 Å². The van der Waals surface area contributed by atoms with Crippen molar-refractivity contribution < 1.29 is 13.9 Å². The van der Waals surface area contributed by atoms with Crippen molar-refractivity contribution in [2.45, 2.75) is 19.3 Å². The number of hydrogen-bond donors (Lipinski definition) is 0. The zero-order valence-corrected chi connectivity index (χ0v) is 19.7. The van der Waals surface area contributed by atoms with Gasteiger partial charge in [0, 0.05) is 55.5 Å². The minimum Gasteiger partial charge on any atom is -0.462 e. The minimum absolute atomic E-state index is 0.377. The molecule has 1 fully saturated rings. The van der Waals surface area contributed by atoms with Crippen LogP contribution in [0.25, 0.3) is 33.8 Å². The number of aryl methyl sites for hydroxylation is 2. The molecule has 35 heavy (non-hydrogen) atoms. The summed E-state index contributed by atoms with van der Waals surface area (Å²) < 4.78 is 17.5. The Morgan fingerprint density at radius 2 is 1.66 bits per heavy atom. The van der Waals surface area contributed by atoms with Crippen LogP contribution >= 0.6 is 0 Å². The molecule has 1 aromatic carbocycles. The van der Waals surface area contributed by atoms with E-state index in [2.05, 4.69) is 44.1 Å². The van der Waals surface area contributed by atoms with E-state index in [4.69, 9.17) is 13.9 Å². The molecule has 1 saturated heterocycles. The highest BCUT2D eigenvalue weighted by Crippen LogP contribution is 2.39. The second-order valence-electron chi connectivity index (χ2n) is 8.98. The lowest BCUT2D eigenvalue weighted by atomic mass is 9.98. The predicted molar refractivity (Wildman–Crippen MR) is 133 cm³/mol. The van der Waals surface area contributed by atoms with Gasteiger partial charge in [0.1, 0.15) is 18.1 Å². The van der Waals surface area contributed by atoms with Crippen molar-refractivity contribution in [2.75, 3.05) is 39.5 Å². The van der Waals surface area contributed by atoms with Crippen molar-refractivity contribution in [3.05, 3.63) is 72.3 Å². The second-order valence-corrected chi connectivity index (χ2v) is 8.98. The van der Waals surface area contributed by atoms with Crippen LogP contribution in [-0.2, 0) is 17.6 Å². The Morgan fingerprint density at radius 3 is 2.49 bits per heavy atom. The van der Waals surface area contributed by atoms with Gasteiger partial charge >= 0.3 is 6.01 Å². The van der Waals surface area contributed by atoms with Gasteiger partial charge < -0.3 is 13.9 Å². The topological polar surface area (TPSA) is 73.5 Å². The molecule has 4 aromatic rings. The molecule has 0 atom stereocenters. The summed E-state index contributed by atoms with van der Waals surface area (Å²) in [6.07, 6.45) is 10.6. The molecule has 3 aromatic heterocycles. The number of furan rings is 1. The zero-order chi connectivity index (χ0) is 23.5. The van der Waals surface area contributed by atoms with Crippen LogP contribution in [0.5, 0.6) is 6.01 Å². The maximum absolute atomic E-state index is 6.39. The van der Waals surface area contributed by atoms with Gasteiger partial charge in [0.25, 0.3) is 0 Å². The van der Waals surface area contributed by atoms with Crippen LogP contribution in [0.15, 0.2) is 65.6 Å². The van der Waals surface area contributed by atoms with Crippen molar-refractivity contribution >= 4 is 0 Å². The molecule has 7 heteroatoms. The van der Waals surface area contributed by atoms with Crippen molar-refractivity contribution in [2.24, 2.45) is 0 Å². The Balaban J connectivity index is 1.24. The largest absolute Gasteiger partial charge is 0.462 e. The van der Waals surface area contributed by atoms with Crippen LogP contribution in [0.4, 0.5) is 0 Å². The van der Waals surface area contributed by atoms with E-state index in [1.807, 2.05) is 12.1 Å². The predicted octanol–water partition coefficient (Wildman–Crippen LogP) is 4.67. The Kier molecular flexibility index (Phi) is 6.26. The summed E-state index contributed by atoms with van der Waals surface area (Å²) in [4.78, 5) is 15.3. The fourth-order valence-electron chi connectivity index (χ4n) is 4.81. The van der Waals surface area contributed by atoms with Gasteiger partial charge in [-0.3, -0.25) is 9.88 Å². The summed E-state index contributed by atoms with van der Waals surface area (Å²) in [5.74, 6) is 1.55. The molecule has 1 aliphatic heterocycles. The second kappa shape index (κ2) is 9.98. The molecule has 6 rings (SSSR count). The zero-order valence-electron chi connectivity index (χ0n) is 19.7. The molecule has 1 aliphatic carbocycles. The standard InChI is InChI=1S/C28H28N4O3/c1-2-20-4-5-23(16-22(20)3-1)25-17-26(35-27(25)21-6-8-29-9-7-21)24-18-30-28(31-19-24)34-15-12-32-10-13-33-14-11-32/h4-9,16-19H,1-3,10-15H2. The number of morpholine rings is 1. The number of rotatable bonds is 7. The lowest BCUT2D eigenvalue weighted by Crippen LogP contribution is -2.38. The molecule has 0 N–H and O–H groups in total. The lowest BCUT2D eigenvalue weighted by molar-refractivity contribution is 0.0317. The van der Waals surface area contributed by atoms with Crippen LogP contribution < -0.4 is 4.74 Å². The number of pyridine rings is 1. The maximum Gasteiger partial charge on any atom is 0.316 e. The smallest absolute Gasteiger partial charge is 0.316 e. The highest BCUT2D eigenvalue weighted by Gasteiger charge is 2.19. The maximum atomic E-state index is 6.39. The van der Waals surface area contributed by atoms with Crippen LogP contribution in [0, 0.1) is 0 Å². The van der Waals surface area contributed by atoms with Gasteiger partial charge in [-0.15, -0.1) is 0 Å². The van der Waals surface area contributed by atoms with Gasteiger partial charge in [-0.2, -0.15) is 0 Å². The van der Waals surface area contributed by atoms with Gasteiger partial charge in [-0.05, 0) is 54.2 Å². The summed E-state index contributed by atoms with van der Waals surface area (Å²) >= 11 is 0. The molecular weight excluding hydrogens is 440 g/mol. The summed E-state index contributed by atoms with van der Waals surface area (Å²) in [5, 5.41) is 0. The molecule has 178 valence electrons. The minimum atomic E-state index is 0.377. The SMILES string of the molecule is c1cc(-c2oc(-c3cnc(OCCN4CCOCC4)nc3)cc2-c2ccc3c(c2)CCC3)ccn1. The van der Waals surface area contributed by atoms with Crippen molar-refractivity contribution in [1.82, 2.24) is 19.9 Å². The fraction of sp³-hybridized carbons (Fsp3) is 0.321. The number of aromatic nitrogens is 3. The molecule has 0 amide bonds. The molecule has 0 bridgehead atoms. The average Bonchev–Trinajstić information content (AvgIpc) is 3.57. The van der Waals surface area contributed by atoms with E-state index < -0.39 is 0 Å². The van der Waals surface area contributed by atoms with Gasteiger partial charge in [0.05, 0.1) is 18.8 Å². The number of fused-ring (bicyclic) bond motifs is 1. The average molecular weight is 469 g/mol. The molecule has 0 radical (unpaired) electrons. The number of nitrogens with zero attached hydrogens (tertiary/aromatic N) is 4. The Labute approximate surface area is 204 Å². The molecule has 2 aliphatic rings. The third kappa shape index (κ3) is 4.83. The Hall–Kier alpha value is -3.55. The van der Waals surface area contributed by atoms with Crippen molar-refractivity contribution in [3.8, 4) is 39.8 Å². The summed E-state index contributed by atoms with van der Waals surface area (Å²) in [6.45, 7) is 4.83. The van der Waals surface area contributed by atoms with E-state index in [1.165, 1.54) is 24.0 Å². The summed E-state index contributed by atoms with van der Waals surface area (Å²) in [5.41, 5.74) is 6.93. The van der Waals surface area contributed by atoms with Crippen LogP contribution in [-0.4, -0.2) is 59.3 Å². The highest BCUT2D eigenvalue weighted by molar-refractivity contribution is 5.83. The quantitative estimate of drug-likeness (QED) is 0.390.